The molecule has 1 aliphatic heterocycles. The lowest BCUT2D eigenvalue weighted by molar-refractivity contribution is 0.0322. The van der Waals surface area contributed by atoms with Crippen LogP contribution in [-0.4, -0.2) is 69.3 Å². The molecule has 0 saturated carbocycles. The number of hydrogen-bond acceptors (Lipinski definition) is 4. The smallest absolute Gasteiger partial charge is 0.193 e. The van der Waals surface area contributed by atoms with Crippen molar-refractivity contribution >= 4 is 29.9 Å². The van der Waals surface area contributed by atoms with Gasteiger partial charge >= 0.3 is 0 Å². The molecule has 2 aromatic carbocycles. The summed E-state index contributed by atoms with van der Waals surface area (Å²) in [6, 6.07) is 18.7. The van der Waals surface area contributed by atoms with Crippen LogP contribution in [0.4, 0.5) is 0 Å². The number of benzene rings is 2. The highest BCUT2D eigenvalue weighted by Gasteiger charge is 2.10. The minimum absolute atomic E-state index is 0. The molecule has 1 fully saturated rings. The maximum Gasteiger partial charge on any atom is 0.193 e. The number of aliphatic imine (C=N–C) groups is 1. The van der Waals surface area contributed by atoms with E-state index in [1.165, 1.54) is 11.1 Å². The molecule has 0 radical (unpaired) electrons. The second-order valence-electron chi connectivity index (χ2n) is 7.19. The average molecular weight is 524 g/mol. The Labute approximate surface area is 197 Å². The van der Waals surface area contributed by atoms with E-state index in [1.54, 1.807) is 0 Å². The number of ether oxygens (including phenoxy) is 2. The van der Waals surface area contributed by atoms with Crippen LogP contribution in [-0.2, 0) is 17.8 Å². The van der Waals surface area contributed by atoms with Crippen molar-refractivity contribution < 1.29 is 9.47 Å². The van der Waals surface area contributed by atoms with Gasteiger partial charge in [0, 0.05) is 46.8 Å². The summed E-state index contributed by atoms with van der Waals surface area (Å²) in [4.78, 5) is 8.91. The Morgan fingerprint density at radius 1 is 1.10 bits per heavy atom. The minimum atomic E-state index is 0. The van der Waals surface area contributed by atoms with Gasteiger partial charge in [-0.25, -0.2) is 0 Å². The van der Waals surface area contributed by atoms with E-state index < -0.39 is 0 Å². The van der Waals surface area contributed by atoms with Crippen LogP contribution in [0.1, 0.15) is 11.1 Å². The largest absolute Gasteiger partial charge is 0.492 e. The number of nitrogens with one attached hydrogen (secondary N) is 1. The fourth-order valence-corrected chi connectivity index (χ4v) is 3.36. The summed E-state index contributed by atoms with van der Waals surface area (Å²) < 4.78 is 11.3. The second-order valence-corrected chi connectivity index (χ2v) is 7.19. The van der Waals surface area contributed by atoms with Crippen molar-refractivity contribution in [3.63, 3.8) is 0 Å². The number of guanidine groups is 1. The van der Waals surface area contributed by atoms with Crippen molar-refractivity contribution in [2.45, 2.75) is 13.1 Å². The van der Waals surface area contributed by atoms with Crippen molar-refractivity contribution in [3.8, 4) is 5.75 Å². The molecule has 0 amide bonds. The van der Waals surface area contributed by atoms with Crippen molar-refractivity contribution in [1.82, 2.24) is 15.1 Å². The van der Waals surface area contributed by atoms with Gasteiger partial charge in [0.05, 0.1) is 13.2 Å². The van der Waals surface area contributed by atoms with Crippen LogP contribution in [0.2, 0.25) is 0 Å². The molecule has 1 N–H and O–H groups in total. The number of rotatable bonds is 8. The maximum atomic E-state index is 5.96. The number of nitrogens with zero attached hydrogens (tertiary/aromatic N) is 3. The molecule has 0 spiro atoms. The topological polar surface area (TPSA) is 49.3 Å². The number of halogens is 1. The standard InChI is InChI=1S/C23H32N4O2.HI/c1-24-23(26(2)19-20-7-4-3-5-8-20)25-18-21-9-6-10-22(17-21)29-16-13-27-11-14-28-15-12-27;/h3-10,17H,11-16,18-19H2,1-2H3,(H,24,25);1H. The molecular weight excluding hydrogens is 491 g/mol. The van der Waals surface area contributed by atoms with Crippen molar-refractivity contribution in [2.24, 2.45) is 4.99 Å². The molecule has 0 unspecified atom stereocenters. The lowest BCUT2D eigenvalue weighted by atomic mass is 10.2. The molecule has 0 aliphatic carbocycles. The number of morpholine rings is 1. The zero-order chi connectivity index (χ0) is 20.3. The Balaban J connectivity index is 0.00000320. The molecule has 2 aromatic rings. The minimum Gasteiger partial charge on any atom is -0.492 e. The lowest BCUT2D eigenvalue weighted by Gasteiger charge is -2.26. The Morgan fingerprint density at radius 2 is 1.83 bits per heavy atom. The molecule has 0 atom stereocenters. The third kappa shape index (κ3) is 8.12. The molecule has 164 valence electrons. The quantitative estimate of drug-likeness (QED) is 0.327. The van der Waals surface area contributed by atoms with E-state index in [9.17, 15) is 0 Å². The second kappa shape index (κ2) is 13.5. The summed E-state index contributed by atoms with van der Waals surface area (Å²) in [7, 11) is 3.86. The maximum absolute atomic E-state index is 5.96. The predicted molar refractivity (Wildman–Crippen MR) is 133 cm³/mol. The highest BCUT2D eigenvalue weighted by molar-refractivity contribution is 14.0. The Kier molecular flexibility index (Phi) is 11.0. The van der Waals surface area contributed by atoms with Crippen LogP contribution < -0.4 is 10.1 Å². The van der Waals surface area contributed by atoms with E-state index in [-0.39, 0.29) is 24.0 Å². The summed E-state index contributed by atoms with van der Waals surface area (Å²) in [5, 5.41) is 3.44. The Bertz CT molecular complexity index is 767. The van der Waals surface area contributed by atoms with E-state index in [0.29, 0.717) is 13.2 Å². The molecule has 0 bridgehead atoms. The first-order chi connectivity index (χ1) is 14.2. The van der Waals surface area contributed by atoms with E-state index in [4.69, 9.17) is 9.47 Å². The molecule has 3 rings (SSSR count). The van der Waals surface area contributed by atoms with Crippen LogP contribution in [0.3, 0.4) is 0 Å². The van der Waals surface area contributed by atoms with Crippen LogP contribution in [0, 0.1) is 0 Å². The SMILES string of the molecule is CN=C(NCc1cccc(OCCN2CCOCC2)c1)N(C)Cc1ccccc1.I. The van der Waals surface area contributed by atoms with Gasteiger partial charge in [0.1, 0.15) is 12.4 Å². The zero-order valence-corrected chi connectivity index (χ0v) is 20.2. The molecule has 7 heteroatoms. The Morgan fingerprint density at radius 3 is 2.57 bits per heavy atom. The van der Waals surface area contributed by atoms with E-state index >= 15 is 0 Å². The normalized spacial score (nSPS) is 14.7. The van der Waals surface area contributed by atoms with Gasteiger partial charge in [0.15, 0.2) is 5.96 Å². The average Bonchev–Trinajstić information content (AvgIpc) is 2.76. The van der Waals surface area contributed by atoms with Gasteiger partial charge in [-0.3, -0.25) is 9.89 Å². The third-order valence-corrected chi connectivity index (χ3v) is 4.96. The van der Waals surface area contributed by atoms with Crippen molar-refractivity contribution in [2.75, 3.05) is 53.6 Å². The van der Waals surface area contributed by atoms with Crippen LogP contribution >= 0.6 is 24.0 Å². The highest BCUT2D eigenvalue weighted by Crippen LogP contribution is 2.13. The zero-order valence-electron chi connectivity index (χ0n) is 17.9. The predicted octanol–water partition coefficient (Wildman–Crippen LogP) is 3.22. The summed E-state index contributed by atoms with van der Waals surface area (Å²) in [6.07, 6.45) is 0. The number of hydrogen-bond donors (Lipinski definition) is 1. The monoisotopic (exact) mass is 524 g/mol. The van der Waals surface area contributed by atoms with Gasteiger partial charge in [-0.05, 0) is 23.3 Å². The first-order valence-corrected chi connectivity index (χ1v) is 10.2. The van der Waals surface area contributed by atoms with Gasteiger partial charge in [0.2, 0.25) is 0 Å². The Hall–Kier alpha value is -1.84. The molecule has 1 heterocycles. The molecule has 0 aromatic heterocycles. The molecule has 30 heavy (non-hydrogen) atoms. The summed E-state index contributed by atoms with van der Waals surface area (Å²) in [5.41, 5.74) is 2.43. The van der Waals surface area contributed by atoms with Crippen molar-refractivity contribution in [1.29, 1.82) is 0 Å². The lowest BCUT2D eigenvalue weighted by Crippen LogP contribution is -2.38. The molecule has 6 nitrogen and oxygen atoms in total. The van der Waals surface area contributed by atoms with E-state index in [0.717, 1.165) is 51.1 Å². The summed E-state index contributed by atoms with van der Waals surface area (Å²) in [5.74, 6) is 1.78. The van der Waals surface area contributed by atoms with Crippen LogP contribution in [0.15, 0.2) is 59.6 Å². The fraction of sp³-hybridized carbons (Fsp3) is 0.435. The third-order valence-electron chi connectivity index (χ3n) is 4.96. The van der Waals surface area contributed by atoms with Gasteiger partial charge < -0.3 is 19.7 Å². The van der Waals surface area contributed by atoms with Crippen LogP contribution in [0.25, 0.3) is 0 Å². The van der Waals surface area contributed by atoms with Crippen molar-refractivity contribution in [3.05, 3.63) is 65.7 Å². The van der Waals surface area contributed by atoms with Gasteiger partial charge in [-0.15, -0.1) is 24.0 Å². The van der Waals surface area contributed by atoms with Gasteiger partial charge in [0.25, 0.3) is 0 Å². The first-order valence-electron chi connectivity index (χ1n) is 10.2. The summed E-state index contributed by atoms with van der Waals surface area (Å²) >= 11 is 0. The molecule has 1 aliphatic rings. The molecular formula is C23H33IN4O2. The van der Waals surface area contributed by atoms with Gasteiger partial charge in [-0.1, -0.05) is 42.5 Å². The van der Waals surface area contributed by atoms with Crippen LogP contribution in [0.5, 0.6) is 5.75 Å². The van der Waals surface area contributed by atoms with E-state index in [1.807, 2.05) is 32.3 Å². The van der Waals surface area contributed by atoms with E-state index in [2.05, 4.69) is 56.5 Å². The van der Waals surface area contributed by atoms with Gasteiger partial charge in [-0.2, -0.15) is 0 Å². The fourth-order valence-electron chi connectivity index (χ4n) is 3.36. The highest BCUT2D eigenvalue weighted by atomic mass is 127. The first kappa shape index (κ1) is 24.4. The molecule has 1 saturated heterocycles. The summed E-state index contributed by atoms with van der Waals surface area (Å²) in [6.45, 7) is 6.76.